The maximum atomic E-state index is 13.3. The van der Waals surface area contributed by atoms with Gasteiger partial charge in [0.25, 0.3) is 0 Å². The maximum Gasteiger partial charge on any atom is 0.323 e. The van der Waals surface area contributed by atoms with Gasteiger partial charge in [0.1, 0.15) is 24.5 Å². The summed E-state index contributed by atoms with van der Waals surface area (Å²) in [5.41, 5.74) is 2.87. The molecular weight excluding hydrogens is 599 g/mol. The molecule has 0 saturated carbocycles. The molecule has 0 bridgehead atoms. The number of aromatic nitrogens is 4. The number of anilines is 1. The van der Waals surface area contributed by atoms with Gasteiger partial charge in [0, 0.05) is 31.0 Å². The van der Waals surface area contributed by atoms with Crippen molar-refractivity contribution in [1.82, 2.24) is 24.6 Å². The number of carbonyl (C=O) groups excluding carboxylic acids is 3. The van der Waals surface area contributed by atoms with E-state index in [1.54, 1.807) is 37.7 Å². The molecule has 3 rings (SSSR count). The van der Waals surface area contributed by atoms with E-state index in [9.17, 15) is 18.9 Å². The predicted octanol–water partition coefficient (Wildman–Crippen LogP) is 4.88. The first-order valence-electron chi connectivity index (χ1n) is 14.8. The van der Waals surface area contributed by atoms with E-state index in [1.807, 2.05) is 40.7 Å². The number of carbonyl (C=O) groups is 3. The van der Waals surface area contributed by atoms with E-state index in [0.717, 1.165) is 16.7 Å². The summed E-state index contributed by atoms with van der Waals surface area (Å²) in [6.07, 6.45) is 2.26. The number of rotatable bonds is 14. The smallest absolute Gasteiger partial charge is 0.323 e. The fourth-order valence-corrected chi connectivity index (χ4v) is 6.77. The van der Waals surface area contributed by atoms with Gasteiger partial charge in [-0.3, -0.25) is 19.5 Å². The lowest BCUT2D eigenvalue weighted by atomic mass is 9.78. The summed E-state index contributed by atoms with van der Waals surface area (Å²) < 4.78 is 31.3. The third kappa shape index (κ3) is 9.91. The van der Waals surface area contributed by atoms with Crippen molar-refractivity contribution in [1.29, 1.82) is 0 Å². The number of hydrogen-bond donors (Lipinski definition) is 2. The Morgan fingerprint density at radius 2 is 1.76 bits per heavy atom. The number of esters is 2. The Labute approximate surface area is 264 Å². The van der Waals surface area contributed by atoms with Gasteiger partial charge in [-0.2, -0.15) is 0 Å². The van der Waals surface area contributed by atoms with Gasteiger partial charge >= 0.3 is 11.9 Å². The lowest BCUT2D eigenvalue weighted by molar-refractivity contribution is -0.149. The number of benzene rings is 1. The molecular formula is C31H45N6O7P. The van der Waals surface area contributed by atoms with Gasteiger partial charge in [0.05, 0.1) is 25.1 Å². The topological polar surface area (TPSA) is 164 Å². The maximum absolute atomic E-state index is 13.3. The fourth-order valence-electron chi connectivity index (χ4n) is 5.24. The number of aryl methyl sites for hydroxylation is 2. The molecule has 45 heavy (non-hydrogen) atoms. The molecule has 0 spiro atoms. The lowest BCUT2D eigenvalue weighted by Crippen LogP contribution is -2.35. The highest BCUT2D eigenvalue weighted by molar-refractivity contribution is 7.60. The van der Waals surface area contributed by atoms with Gasteiger partial charge in [-0.05, 0) is 58.7 Å². The zero-order valence-electron chi connectivity index (χ0n) is 27.8. The van der Waals surface area contributed by atoms with E-state index in [2.05, 4.69) is 25.4 Å². The first kappa shape index (κ1) is 35.8. The Hall–Kier alpha value is -3.67. The second-order valence-corrected chi connectivity index (χ2v) is 15.2. The summed E-state index contributed by atoms with van der Waals surface area (Å²) >= 11 is 0. The van der Waals surface area contributed by atoms with Crippen LogP contribution in [-0.2, 0) is 40.4 Å². The van der Waals surface area contributed by atoms with Crippen molar-refractivity contribution in [3.8, 4) is 5.75 Å². The Kier molecular flexibility index (Phi) is 11.6. The molecule has 0 aliphatic rings. The minimum atomic E-state index is -3.01. The number of amides is 1. The van der Waals surface area contributed by atoms with Crippen molar-refractivity contribution < 1.29 is 33.2 Å². The van der Waals surface area contributed by atoms with Gasteiger partial charge in [-0.1, -0.05) is 19.9 Å². The number of imidazole rings is 1. The summed E-state index contributed by atoms with van der Waals surface area (Å²) in [4.78, 5) is 50.2. The van der Waals surface area contributed by atoms with Crippen molar-refractivity contribution in [2.24, 2.45) is 0 Å². The summed E-state index contributed by atoms with van der Waals surface area (Å²) in [5, 5.41) is 5.69. The Morgan fingerprint density at radius 1 is 1.07 bits per heavy atom. The van der Waals surface area contributed by atoms with Crippen LogP contribution in [0.2, 0.25) is 0 Å². The van der Waals surface area contributed by atoms with Crippen molar-refractivity contribution in [2.75, 3.05) is 18.3 Å². The van der Waals surface area contributed by atoms with Crippen LogP contribution in [0.25, 0.3) is 11.2 Å². The molecule has 14 heteroatoms. The van der Waals surface area contributed by atoms with E-state index in [0.29, 0.717) is 23.5 Å². The molecule has 3 atom stereocenters. The van der Waals surface area contributed by atoms with E-state index >= 15 is 0 Å². The van der Waals surface area contributed by atoms with Crippen molar-refractivity contribution >= 4 is 42.1 Å². The Balaban J connectivity index is 1.68. The molecule has 2 aromatic heterocycles. The largest absolute Gasteiger partial charge is 0.462 e. The zero-order chi connectivity index (χ0) is 33.7. The van der Waals surface area contributed by atoms with Crippen molar-refractivity contribution in [3.63, 3.8) is 0 Å². The zero-order valence-corrected chi connectivity index (χ0v) is 28.7. The predicted molar refractivity (Wildman–Crippen MR) is 172 cm³/mol. The molecule has 1 amide bonds. The summed E-state index contributed by atoms with van der Waals surface area (Å²) in [6.45, 7) is 17.8. The van der Waals surface area contributed by atoms with E-state index in [1.165, 1.54) is 19.9 Å². The van der Waals surface area contributed by atoms with Crippen LogP contribution in [0.15, 0.2) is 24.8 Å². The molecule has 1 unspecified atom stereocenters. The van der Waals surface area contributed by atoms with E-state index < -0.39 is 30.7 Å². The highest BCUT2D eigenvalue weighted by Gasteiger charge is 2.31. The minimum absolute atomic E-state index is 0.0845. The third-order valence-corrected chi connectivity index (χ3v) is 8.44. The molecule has 1 aromatic carbocycles. The number of hydrogen-bond acceptors (Lipinski definition) is 10. The molecule has 0 radical (unpaired) electrons. The number of nitrogens with one attached hydrogen (secondary N) is 2. The molecule has 3 aromatic rings. The number of fused-ring (bicyclic) bond motifs is 1. The highest BCUT2D eigenvalue weighted by atomic mass is 31.2. The molecule has 0 saturated heterocycles. The standard InChI is InChI=1S/C31H45N6O7P/c1-18(2)43-30(40)22(6)36-45(10,41)17-42-21(5)14-37-16-34-27-28(32-15-33-29(27)37)35-25(39)13-31(8,9)26-20(4)11-19(3)12-24(26)44-23(7)38/h11-12,15-16,18,21-22H,13-14,17H2,1-10H3,(H,36,41)(H,32,33,35,39)/t21-,22+,45?/m1/s1. The first-order valence-corrected chi connectivity index (χ1v) is 17.1. The van der Waals surface area contributed by atoms with Gasteiger partial charge in [0.15, 0.2) is 24.3 Å². The summed E-state index contributed by atoms with van der Waals surface area (Å²) in [6, 6.07) is 3.05. The van der Waals surface area contributed by atoms with E-state index in [4.69, 9.17) is 14.2 Å². The molecule has 2 heterocycles. The van der Waals surface area contributed by atoms with Crippen LogP contribution in [0.1, 0.15) is 71.6 Å². The van der Waals surface area contributed by atoms with Crippen molar-refractivity contribution in [2.45, 2.75) is 98.9 Å². The molecule has 0 fully saturated rings. The average Bonchev–Trinajstić information content (AvgIpc) is 3.29. The molecule has 0 aliphatic carbocycles. The van der Waals surface area contributed by atoms with Gasteiger partial charge in [0.2, 0.25) is 5.91 Å². The van der Waals surface area contributed by atoms with Gasteiger partial charge < -0.3 is 28.7 Å². The van der Waals surface area contributed by atoms with Crippen LogP contribution >= 0.6 is 7.29 Å². The second-order valence-electron chi connectivity index (χ2n) is 12.5. The monoisotopic (exact) mass is 644 g/mol. The average molecular weight is 645 g/mol. The summed E-state index contributed by atoms with van der Waals surface area (Å²) in [7, 11) is -3.01. The molecule has 0 aliphatic heterocycles. The Morgan fingerprint density at radius 3 is 2.40 bits per heavy atom. The minimum Gasteiger partial charge on any atom is -0.462 e. The van der Waals surface area contributed by atoms with Crippen LogP contribution in [0.3, 0.4) is 0 Å². The Bertz CT molecular complexity index is 1600. The van der Waals surface area contributed by atoms with Crippen LogP contribution in [-0.4, -0.2) is 68.6 Å². The number of nitrogens with zero attached hydrogens (tertiary/aromatic N) is 4. The highest BCUT2D eigenvalue weighted by Crippen LogP contribution is 2.39. The molecule has 246 valence electrons. The van der Waals surface area contributed by atoms with Crippen LogP contribution in [0.5, 0.6) is 5.75 Å². The quantitative estimate of drug-likeness (QED) is 0.140. The van der Waals surface area contributed by atoms with E-state index in [-0.39, 0.29) is 36.7 Å². The van der Waals surface area contributed by atoms with Gasteiger partial charge in [-0.15, -0.1) is 0 Å². The lowest BCUT2D eigenvalue weighted by Gasteiger charge is -2.28. The normalized spacial score (nSPS) is 14.6. The second kappa shape index (κ2) is 14.6. The first-order chi connectivity index (χ1) is 20.9. The van der Waals surface area contributed by atoms with Gasteiger partial charge in [-0.25, -0.2) is 15.0 Å². The SMILES string of the molecule is CC(=O)Oc1cc(C)cc(C)c1C(C)(C)CC(=O)Nc1ncnc2c1ncn2C[C@@H](C)OCP(C)(=O)N[C@@H](C)C(=O)OC(C)C. The molecule has 13 nitrogen and oxygen atoms in total. The van der Waals surface area contributed by atoms with Crippen molar-refractivity contribution in [3.05, 3.63) is 41.5 Å². The van der Waals surface area contributed by atoms with Crippen LogP contribution in [0.4, 0.5) is 5.82 Å². The van der Waals surface area contributed by atoms with Crippen LogP contribution < -0.4 is 15.1 Å². The van der Waals surface area contributed by atoms with Crippen LogP contribution in [0, 0.1) is 13.8 Å². The third-order valence-electron chi connectivity index (χ3n) is 6.87. The fraction of sp³-hybridized carbons (Fsp3) is 0.548. The number of ether oxygens (including phenoxy) is 3. The summed E-state index contributed by atoms with van der Waals surface area (Å²) in [5.74, 6) is -0.501. The molecule has 2 N–H and O–H groups in total.